The van der Waals surface area contributed by atoms with Crippen molar-refractivity contribution in [3.05, 3.63) is 95.8 Å². The molecule has 0 spiro atoms. The van der Waals surface area contributed by atoms with E-state index in [1.807, 2.05) is 66.7 Å². The van der Waals surface area contributed by atoms with E-state index in [2.05, 4.69) is 27.4 Å². The summed E-state index contributed by atoms with van der Waals surface area (Å²) in [5, 5.41) is 2.92. The minimum absolute atomic E-state index is 0.0993. The molecule has 0 bridgehead atoms. The number of aromatic amines is 1. The van der Waals surface area contributed by atoms with Crippen LogP contribution in [0.4, 0.5) is 0 Å². The summed E-state index contributed by atoms with van der Waals surface area (Å²) in [6.45, 7) is 0.374. The predicted molar refractivity (Wildman–Crippen MR) is 110 cm³/mol. The molecule has 0 atom stereocenters. The second kappa shape index (κ2) is 8.10. The second-order valence-electron chi connectivity index (χ2n) is 6.18. The molecule has 0 unspecified atom stereocenters. The first-order chi connectivity index (χ1) is 13.3. The lowest BCUT2D eigenvalue weighted by atomic mass is 10.1. The maximum atomic E-state index is 12.4. The zero-order valence-corrected chi connectivity index (χ0v) is 15.5. The van der Waals surface area contributed by atoms with Gasteiger partial charge in [-0.15, -0.1) is 11.8 Å². The Bertz CT molecular complexity index is 1010. The fourth-order valence-corrected chi connectivity index (χ4v) is 3.67. The molecule has 4 rings (SSSR count). The van der Waals surface area contributed by atoms with Crippen LogP contribution >= 0.6 is 11.8 Å². The van der Waals surface area contributed by atoms with Crippen LogP contribution in [-0.2, 0) is 12.3 Å². The molecule has 0 radical (unpaired) electrons. The molecule has 0 aliphatic carbocycles. The van der Waals surface area contributed by atoms with Gasteiger partial charge in [0.15, 0.2) is 0 Å². The van der Waals surface area contributed by atoms with Crippen molar-refractivity contribution in [2.45, 2.75) is 17.2 Å². The molecule has 0 fully saturated rings. The Balaban J connectivity index is 1.33. The first-order valence-corrected chi connectivity index (χ1v) is 9.75. The Hall–Kier alpha value is -3.05. The summed E-state index contributed by atoms with van der Waals surface area (Å²) in [5.41, 5.74) is 3.72. The fourth-order valence-electron chi connectivity index (χ4n) is 2.79. The van der Waals surface area contributed by atoms with Crippen LogP contribution in [-0.4, -0.2) is 15.9 Å². The topological polar surface area (TPSA) is 57.8 Å². The SMILES string of the molecule is O=C(NCc1nc2ccccc2[nH]1)c1ccc(CSc2ccccc2)cc1. The highest BCUT2D eigenvalue weighted by Gasteiger charge is 2.07. The summed E-state index contributed by atoms with van der Waals surface area (Å²) in [4.78, 5) is 21.3. The Labute approximate surface area is 162 Å². The molecule has 4 aromatic rings. The summed E-state index contributed by atoms with van der Waals surface area (Å²) >= 11 is 1.78. The van der Waals surface area contributed by atoms with Gasteiger partial charge in [-0.2, -0.15) is 0 Å². The number of carbonyl (C=O) groups excluding carboxylic acids is 1. The monoisotopic (exact) mass is 373 g/mol. The number of amides is 1. The van der Waals surface area contributed by atoms with E-state index in [4.69, 9.17) is 0 Å². The average Bonchev–Trinajstić information content (AvgIpc) is 3.15. The number of hydrogen-bond donors (Lipinski definition) is 2. The highest BCUT2D eigenvalue weighted by Crippen LogP contribution is 2.22. The summed E-state index contributed by atoms with van der Waals surface area (Å²) in [6.07, 6.45) is 0. The quantitative estimate of drug-likeness (QED) is 0.478. The summed E-state index contributed by atoms with van der Waals surface area (Å²) in [6, 6.07) is 25.9. The van der Waals surface area contributed by atoms with Gasteiger partial charge in [0.05, 0.1) is 17.6 Å². The van der Waals surface area contributed by atoms with E-state index in [0.29, 0.717) is 12.1 Å². The molecule has 0 saturated carbocycles. The average molecular weight is 373 g/mol. The zero-order valence-electron chi connectivity index (χ0n) is 14.7. The maximum Gasteiger partial charge on any atom is 0.251 e. The number of rotatable bonds is 6. The van der Waals surface area contributed by atoms with Gasteiger partial charge in [-0.25, -0.2) is 4.98 Å². The van der Waals surface area contributed by atoms with Crippen molar-refractivity contribution >= 4 is 28.7 Å². The summed E-state index contributed by atoms with van der Waals surface area (Å²) in [5.74, 6) is 1.53. The van der Waals surface area contributed by atoms with Crippen LogP contribution in [0.2, 0.25) is 0 Å². The van der Waals surface area contributed by atoms with Gasteiger partial charge in [0.25, 0.3) is 5.91 Å². The van der Waals surface area contributed by atoms with Gasteiger partial charge in [0, 0.05) is 16.2 Å². The van der Waals surface area contributed by atoms with E-state index in [9.17, 15) is 4.79 Å². The number of thioether (sulfide) groups is 1. The molecule has 0 aliphatic heterocycles. The highest BCUT2D eigenvalue weighted by molar-refractivity contribution is 7.98. The van der Waals surface area contributed by atoms with E-state index < -0.39 is 0 Å². The lowest BCUT2D eigenvalue weighted by Gasteiger charge is -2.05. The van der Waals surface area contributed by atoms with Gasteiger partial charge in [-0.1, -0.05) is 42.5 Å². The minimum Gasteiger partial charge on any atom is -0.345 e. The Kier molecular flexibility index (Phi) is 5.21. The van der Waals surface area contributed by atoms with Crippen molar-refractivity contribution in [1.29, 1.82) is 0 Å². The van der Waals surface area contributed by atoms with E-state index >= 15 is 0 Å². The molecular formula is C22H19N3OS. The molecule has 3 aromatic carbocycles. The van der Waals surface area contributed by atoms with Crippen molar-refractivity contribution in [2.75, 3.05) is 0 Å². The number of benzene rings is 3. The Morgan fingerprint density at radius 1 is 0.926 bits per heavy atom. The fraction of sp³-hybridized carbons (Fsp3) is 0.0909. The lowest BCUT2D eigenvalue weighted by Crippen LogP contribution is -2.23. The molecule has 134 valence electrons. The molecule has 0 saturated heterocycles. The molecule has 4 nitrogen and oxygen atoms in total. The molecular weight excluding hydrogens is 354 g/mol. The maximum absolute atomic E-state index is 12.4. The number of nitrogens with zero attached hydrogens (tertiary/aromatic N) is 1. The normalized spacial score (nSPS) is 10.8. The van der Waals surface area contributed by atoms with Crippen LogP contribution in [0.25, 0.3) is 11.0 Å². The van der Waals surface area contributed by atoms with Gasteiger partial charge in [-0.05, 0) is 42.0 Å². The molecule has 27 heavy (non-hydrogen) atoms. The Morgan fingerprint density at radius 3 is 2.44 bits per heavy atom. The van der Waals surface area contributed by atoms with E-state index in [1.165, 1.54) is 10.5 Å². The van der Waals surface area contributed by atoms with Crippen LogP contribution < -0.4 is 5.32 Å². The molecule has 1 aromatic heterocycles. The van der Waals surface area contributed by atoms with Gasteiger partial charge >= 0.3 is 0 Å². The molecule has 1 amide bonds. The third-order valence-corrected chi connectivity index (χ3v) is 5.30. The van der Waals surface area contributed by atoms with Crippen LogP contribution in [0.15, 0.2) is 83.8 Å². The number of fused-ring (bicyclic) bond motifs is 1. The molecule has 1 heterocycles. The molecule has 0 aliphatic rings. The second-order valence-corrected chi connectivity index (χ2v) is 7.23. The predicted octanol–water partition coefficient (Wildman–Crippen LogP) is 4.79. The van der Waals surface area contributed by atoms with Crippen LogP contribution in [0.5, 0.6) is 0 Å². The number of para-hydroxylation sites is 2. The van der Waals surface area contributed by atoms with Crippen LogP contribution in [0, 0.1) is 0 Å². The van der Waals surface area contributed by atoms with Crippen LogP contribution in [0.1, 0.15) is 21.7 Å². The summed E-state index contributed by atoms with van der Waals surface area (Å²) < 4.78 is 0. The van der Waals surface area contributed by atoms with Gasteiger partial charge in [-0.3, -0.25) is 4.79 Å². The Morgan fingerprint density at radius 2 is 1.67 bits per heavy atom. The van der Waals surface area contributed by atoms with Crippen molar-refractivity contribution < 1.29 is 4.79 Å². The van der Waals surface area contributed by atoms with Crippen molar-refractivity contribution in [3.8, 4) is 0 Å². The van der Waals surface area contributed by atoms with Gasteiger partial charge in [0.2, 0.25) is 0 Å². The third-order valence-electron chi connectivity index (χ3n) is 4.22. The standard InChI is InChI=1S/C22H19N3OS/c26-22(23-14-21-24-19-8-4-5-9-20(19)25-21)17-12-10-16(11-13-17)15-27-18-6-2-1-3-7-18/h1-13H,14-15H2,(H,23,26)(H,24,25). The number of nitrogens with one attached hydrogen (secondary N) is 2. The number of imidazole rings is 1. The number of H-pyrrole nitrogens is 1. The van der Waals surface area contributed by atoms with Gasteiger partial charge in [0.1, 0.15) is 5.82 Å². The van der Waals surface area contributed by atoms with Crippen LogP contribution in [0.3, 0.4) is 0 Å². The van der Waals surface area contributed by atoms with E-state index in [-0.39, 0.29) is 5.91 Å². The van der Waals surface area contributed by atoms with Gasteiger partial charge < -0.3 is 10.3 Å². The third kappa shape index (κ3) is 4.38. The smallest absolute Gasteiger partial charge is 0.251 e. The largest absolute Gasteiger partial charge is 0.345 e. The van der Waals surface area contributed by atoms with Crippen molar-refractivity contribution in [2.24, 2.45) is 0 Å². The number of aromatic nitrogens is 2. The van der Waals surface area contributed by atoms with E-state index in [0.717, 1.165) is 22.6 Å². The van der Waals surface area contributed by atoms with Crippen molar-refractivity contribution in [3.63, 3.8) is 0 Å². The first kappa shape index (κ1) is 17.4. The zero-order chi connectivity index (χ0) is 18.5. The molecule has 2 N–H and O–H groups in total. The minimum atomic E-state index is -0.0993. The van der Waals surface area contributed by atoms with E-state index in [1.54, 1.807) is 11.8 Å². The number of carbonyl (C=O) groups is 1. The summed E-state index contributed by atoms with van der Waals surface area (Å²) in [7, 11) is 0. The lowest BCUT2D eigenvalue weighted by molar-refractivity contribution is 0.0950. The first-order valence-electron chi connectivity index (χ1n) is 8.76. The molecule has 5 heteroatoms. The van der Waals surface area contributed by atoms with Crippen molar-refractivity contribution in [1.82, 2.24) is 15.3 Å². The highest BCUT2D eigenvalue weighted by atomic mass is 32.2. The number of hydrogen-bond acceptors (Lipinski definition) is 3.